The van der Waals surface area contributed by atoms with Gasteiger partial charge in [0.15, 0.2) is 0 Å². The van der Waals surface area contributed by atoms with Gasteiger partial charge in [0.25, 0.3) is 0 Å². The predicted molar refractivity (Wildman–Crippen MR) is 92.0 cm³/mol. The molecule has 2 aromatic carbocycles. The Morgan fingerprint density at radius 1 is 1.05 bits per heavy atom. The van der Waals surface area contributed by atoms with E-state index in [2.05, 4.69) is 54.0 Å². The van der Waals surface area contributed by atoms with Crippen LogP contribution in [0.15, 0.2) is 46.9 Å². The molecule has 2 unspecified atom stereocenters. The lowest BCUT2D eigenvalue weighted by molar-refractivity contribution is 0.733. The fourth-order valence-electron chi connectivity index (χ4n) is 2.12. The van der Waals surface area contributed by atoms with E-state index in [0.717, 1.165) is 22.0 Å². The van der Waals surface area contributed by atoms with Crippen molar-refractivity contribution in [3.8, 4) is 0 Å². The minimum absolute atomic E-state index is 0.173. The molecule has 2 atom stereocenters. The molecule has 0 nitrogen and oxygen atoms in total. The second-order valence-electron chi connectivity index (χ2n) is 5.00. The van der Waals surface area contributed by atoms with Gasteiger partial charge in [0, 0.05) is 9.50 Å². The van der Waals surface area contributed by atoms with Gasteiger partial charge < -0.3 is 0 Å². The van der Waals surface area contributed by atoms with Crippen LogP contribution in [0.2, 0.25) is 5.02 Å². The molecule has 0 saturated heterocycles. The van der Waals surface area contributed by atoms with Crippen molar-refractivity contribution in [2.45, 2.75) is 31.6 Å². The third kappa shape index (κ3) is 3.58. The zero-order chi connectivity index (χ0) is 14.7. The van der Waals surface area contributed by atoms with Crippen molar-refractivity contribution in [2.75, 3.05) is 0 Å². The van der Waals surface area contributed by atoms with E-state index in [4.69, 9.17) is 23.2 Å². The van der Waals surface area contributed by atoms with Crippen LogP contribution in [0, 0.1) is 0 Å². The molecular weight excluding hydrogens is 355 g/mol. The summed E-state index contributed by atoms with van der Waals surface area (Å²) in [6, 6.07) is 14.3. The average molecular weight is 372 g/mol. The SMILES string of the molecule is CCC(C)c1ccc(C(Cl)c2ccc(Cl)cc2Br)cc1. The predicted octanol–water partition coefficient (Wildman–Crippen LogP) is 6.94. The van der Waals surface area contributed by atoms with Gasteiger partial charge >= 0.3 is 0 Å². The van der Waals surface area contributed by atoms with Gasteiger partial charge in [0.05, 0.1) is 5.38 Å². The molecule has 0 aromatic heterocycles. The first kappa shape index (κ1) is 15.9. The smallest absolute Gasteiger partial charge is 0.0846 e. The molecule has 0 N–H and O–H groups in total. The maximum atomic E-state index is 6.58. The highest BCUT2D eigenvalue weighted by atomic mass is 79.9. The van der Waals surface area contributed by atoms with Crippen molar-refractivity contribution in [1.29, 1.82) is 0 Å². The molecule has 0 saturated carbocycles. The van der Waals surface area contributed by atoms with Crippen LogP contribution in [0.25, 0.3) is 0 Å². The Morgan fingerprint density at radius 2 is 1.65 bits per heavy atom. The van der Waals surface area contributed by atoms with E-state index >= 15 is 0 Å². The molecule has 0 amide bonds. The molecule has 0 fully saturated rings. The summed E-state index contributed by atoms with van der Waals surface area (Å²) in [4.78, 5) is 0. The van der Waals surface area contributed by atoms with E-state index < -0.39 is 0 Å². The maximum Gasteiger partial charge on any atom is 0.0846 e. The second kappa shape index (κ2) is 6.98. The van der Waals surface area contributed by atoms with Gasteiger partial charge in [-0.2, -0.15) is 0 Å². The number of hydrogen-bond donors (Lipinski definition) is 0. The molecule has 106 valence electrons. The van der Waals surface area contributed by atoms with E-state index in [0.29, 0.717) is 10.9 Å². The fraction of sp³-hybridized carbons (Fsp3) is 0.294. The molecule has 2 aromatic rings. The molecule has 0 bridgehead atoms. The van der Waals surface area contributed by atoms with Gasteiger partial charge in [0.2, 0.25) is 0 Å². The third-order valence-electron chi connectivity index (χ3n) is 3.65. The Morgan fingerprint density at radius 3 is 2.20 bits per heavy atom. The number of halogens is 3. The molecule has 20 heavy (non-hydrogen) atoms. The highest BCUT2D eigenvalue weighted by molar-refractivity contribution is 9.10. The Bertz CT molecular complexity index is 578. The quantitative estimate of drug-likeness (QED) is 0.510. The Balaban J connectivity index is 2.26. The van der Waals surface area contributed by atoms with Crippen molar-refractivity contribution in [3.05, 3.63) is 68.7 Å². The topological polar surface area (TPSA) is 0 Å². The lowest BCUT2D eigenvalue weighted by Crippen LogP contribution is -1.96. The van der Waals surface area contributed by atoms with E-state index in [-0.39, 0.29) is 5.38 Å². The lowest BCUT2D eigenvalue weighted by Gasteiger charge is -2.15. The first-order valence-corrected chi connectivity index (χ1v) is 8.32. The van der Waals surface area contributed by atoms with Crippen LogP contribution in [0.4, 0.5) is 0 Å². The summed E-state index contributed by atoms with van der Waals surface area (Å²) in [7, 11) is 0. The van der Waals surface area contributed by atoms with Crippen LogP contribution in [-0.2, 0) is 0 Å². The third-order valence-corrected chi connectivity index (χ3v) is 5.06. The van der Waals surface area contributed by atoms with Crippen molar-refractivity contribution in [3.63, 3.8) is 0 Å². The number of benzene rings is 2. The number of alkyl halides is 1. The van der Waals surface area contributed by atoms with Gasteiger partial charge in [0.1, 0.15) is 0 Å². The molecule has 3 heteroatoms. The monoisotopic (exact) mass is 370 g/mol. The first-order valence-electron chi connectivity index (χ1n) is 6.71. The first-order chi connectivity index (χ1) is 9.52. The van der Waals surface area contributed by atoms with Crippen molar-refractivity contribution in [1.82, 2.24) is 0 Å². The van der Waals surface area contributed by atoms with Crippen LogP contribution >= 0.6 is 39.1 Å². The normalized spacial score (nSPS) is 14.1. The molecule has 0 aliphatic heterocycles. The van der Waals surface area contributed by atoms with Gasteiger partial charge in [-0.25, -0.2) is 0 Å². The number of hydrogen-bond acceptors (Lipinski definition) is 0. The van der Waals surface area contributed by atoms with Crippen LogP contribution in [-0.4, -0.2) is 0 Å². The molecule has 0 aliphatic rings. The summed E-state index contributed by atoms with van der Waals surface area (Å²) in [6.45, 7) is 4.44. The zero-order valence-electron chi connectivity index (χ0n) is 11.5. The van der Waals surface area contributed by atoms with Gasteiger partial charge in [-0.15, -0.1) is 11.6 Å². The van der Waals surface area contributed by atoms with E-state index in [1.54, 1.807) is 0 Å². The van der Waals surface area contributed by atoms with Gasteiger partial charge in [-0.05, 0) is 41.2 Å². The second-order valence-corrected chi connectivity index (χ2v) is 6.73. The van der Waals surface area contributed by atoms with E-state index in [1.807, 2.05) is 18.2 Å². The highest BCUT2D eigenvalue weighted by Crippen LogP contribution is 2.35. The lowest BCUT2D eigenvalue weighted by atomic mass is 9.96. The molecule has 0 spiro atoms. The number of rotatable bonds is 4. The Kier molecular flexibility index (Phi) is 5.54. The summed E-state index contributed by atoms with van der Waals surface area (Å²) in [5, 5.41) is 0.532. The van der Waals surface area contributed by atoms with Crippen LogP contribution in [0.3, 0.4) is 0 Å². The maximum absolute atomic E-state index is 6.58. The molecule has 0 radical (unpaired) electrons. The van der Waals surface area contributed by atoms with Crippen molar-refractivity contribution < 1.29 is 0 Å². The highest BCUT2D eigenvalue weighted by Gasteiger charge is 2.14. The van der Waals surface area contributed by atoms with Crippen molar-refractivity contribution in [2.24, 2.45) is 0 Å². The van der Waals surface area contributed by atoms with Crippen LogP contribution < -0.4 is 0 Å². The summed E-state index contributed by atoms with van der Waals surface area (Å²) < 4.78 is 0.941. The van der Waals surface area contributed by atoms with Gasteiger partial charge in [-0.3, -0.25) is 0 Å². The zero-order valence-corrected chi connectivity index (χ0v) is 14.6. The summed E-state index contributed by atoms with van der Waals surface area (Å²) >= 11 is 16.1. The van der Waals surface area contributed by atoms with Gasteiger partial charge in [-0.1, -0.05) is 71.7 Å². The molecule has 0 aliphatic carbocycles. The Labute approximate surface area is 139 Å². The standard InChI is InChI=1S/C17H17BrCl2/c1-3-11(2)12-4-6-13(7-5-12)17(20)15-9-8-14(19)10-16(15)18/h4-11,17H,3H2,1-2H3. The molecular formula is C17H17BrCl2. The minimum atomic E-state index is -0.173. The summed E-state index contributed by atoms with van der Waals surface area (Å²) in [6.07, 6.45) is 1.15. The molecule has 0 heterocycles. The largest absolute Gasteiger partial charge is 0.113 e. The average Bonchev–Trinajstić information content (AvgIpc) is 2.46. The van der Waals surface area contributed by atoms with Crippen molar-refractivity contribution >= 4 is 39.1 Å². The molecule has 2 rings (SSSR count). The van der Waals surface area contributed by atoms with E-state index in [1.165, 1.54) is 5.56 Å². The Hall–Kier alpha value is -0.500. The summed E-state index contributed by atoms with van der Waals surface area (Å²) in [5.74, 6) is 0.583. The van der Waals surface area contributed by atoms with Crippen LogP contribution in [0.5, 0.6) is 0 Å². The fourth-order valence-corrected chi connectivity index (χ4v) is 3.49. The summed E-state index contributed by atoms with van der Waals surface area (Å²) in [5.41, 5.74) is 3.49. The van der Waals surface area contributed by atoms with Crippen LogP contribution in [0.1, 0.15) is 48.3 Å². The van der Waals surface area contributed by atoms with E-state index in [9.17, 15) is 0 Å². The minimum Gasteiger partial charge on any atom is -0.113 e.